The van der Waals surface area contributed by atoms with Crippen molar-refractivity contribution in [3.8, 4) is 0 Å². The summed E-state index contributed by atoms with van der Waals surface area (Å²) in [4.78, 5) is 0. The van der Waals surface area contributed by atoms with Crippen LogP contribution in [0.5, 0.6) is 0 Å². The fourth-order valence-electron chi connectivity index (χ4n) is 2.19. The Bertz CT molecular complexity index is 320. The lowest BCUT2D eigenvalue weighted by Gasteiger charge is -2.15. The number of halogens is 1. The van der Waals surface area contributed by atoms with Gasteiger partial charge in [0.05, 0.1) is 0 Å². The first-order valence-electron chi connectivity index (χ1n) is 4.73. The van der Waals surface area contributed by atoms with Crippen molar-refractivity contribution in [3.05, 3.63) is 34.3 Å². The maximum Gasteiger partial charge on any atom is 0.0440 e. The summed E-state index contributed by atoms with van der Waals surface area (Å²) in [5.41, 5.74) is 8.59. The van der Waals surface area contributed by atoms with E-state index in [0.717, 1.165) is 17.9 Å². The topological polar surface area (TPSA) is 26.0 Å². The van der Waals surface area contributed by atoms with E-state index < -0.39 is 0 Å². The highest BCUT2D eigenvalue weighted by molar-refractivity contribution is 6.31. The molecule has 2 heteroatoms. The van der Waals surface area contributed by atoms with Gasteiger partial charge < -0.3 is 5.73 Å². The van der Waals surface area contributed by atoms with Gasteiger partial charge in [0.25, 0.3) is 0 Å². The SMILES string of the molecule is CC(N)C1CCc2c(Cl)cccc21. The van der Waals surface area contributed by atoms with Gasteiger partial charge in [-0.1, -0.05) is 23.7 Å². The predicted octanol–water partition coefficient (Wildman–Crippen LogP) is 2.72. The van der Waals surface area contributed by atoms with Gasteiger partial charge in [-0.25, -0.2) is 0 Å². The van der Waals surface area contributed by atoms with Gasteiger partial charge >= 0.3 is 0 Å². The van der Waals surface area contributed by atoms with Crippen LogP contribution in [-0.2, 0) is 6.42 Å². The Morgan fingerprint density at radius 3 is 3.00 bits per heavy atom. The van der Waals surface area contributed by atoms with Crippen LogP contribution in [0.15, 0.2) is 18.2 Å². The van der Waals surface area contributed by atoms with Crippen LogP contribution >= 0.6 is 11.6 Å². The average Bonchev–Trinajstić information content (AvgIpc) is 2.48. The lowest BCUT2D eigenvalue weighted by Crippen LogP contribution is -2.22. The zero-order chi connectivity index (χ0) is 9.42. The normalized spacial score (nSPS) is 22.8. The second-order valence-electron chi connectivity index (χ2n) is 3.81. The van der Waals surface area contributed by atoms with Gasteiger partial charge in [-0.2, -0.15) is 0 Å². The van der Waals surface area contributed by atoms with E-state index in [-0.39, 0.29) is 6.04 Å². The summed E-state index contributed by atoms with van der Waals surface area (Å²) in [5, 5.41) is 0.903. The summed E-state index contributed by atoms with van der Waals surface area (Å²) < 4.78 is 0. The largest absolute Gasteiger partial charge is 0.327 e. The van der Waals surface area contributed by atoms with Crippen molar-refractivity contribution in [2.45, 2.75) is 31.7 Å². The second-order valence-corrected chi connectivity index (χ2v) is 4.22. The van der Waals surface area contributed by atoms with E-state index in [0.29, 0.717) is 5.92 Å². The van der Waals surface area contributed by atoms with E-state index in [1.165, 1.54) is 11.1 Å². The van der Waals surface area contributed by atoms with Crippen LogP contribution in [-0.4, -0.2) is 6.04 Å². The standard InChI is InChI=1S/C11H14ClN/c1-7(13)8-5-6-10-9(8)3-2-4-11(10)12/h2-4,7-8H,5-6,13H2,1H3. The highest BCUT2D eigenvalue weighted by atomic mass is 35.5. The van der Waals surface area contributed by atoms with Gasteiger partial charge in [-0.15, -0.1) is 0 Å². The van der Waals surface area contributed by atoms with Gasteiger partial charge in [0.2, 0.25) is 0 Å². The maximum absolute atomic E-state index is 6.10. The zero-order valence-electron chi connectivity index (χ0n) is 7.76. The molecule has 0 spiro atoms. The average molecular weight is 196 g/mol. The molecule has 2 atom stereocenters. The van der Waals surface area contributed by atoms with Crippen LogP contribution in [0.2, 0.25) is 5.02 Å². The van der Waals surface area contributed by atoms with Crippen molar-refractivity contribution >= 4 is 11.6 Å². The first-order chi connectivity index (χ1) is 6.20. The summed E-state index contributed by atoms with van der Waals surface area (Å²) in [6.45, 7) is 2.07. The molecule has 0 radical (unpaired) electrons. The third kappa shape index (κ3) is 1.47. The molecule has 1 aromatic rings. The van der Waals surface area contributed by atoms with Gasteiger partial charge in [0.1, 0.15) is 0 Å². The molecule has 1 nitrogen and oxygen atoms in total. The lowest BCUT2D eigenvalue weighted by molar-refractivity contribution is 0.564. The van der Waals surface area contributed by atoms with Crippen molar-refractivity contribution < 1.29 is 0 Å². The molecule has 0 amide bonds. The summed E-state index contributed by atoms with van der Waals surface area (Å²) in [6.07, 6.45) is 2.23. The Morgan fingerprint density at radius 2 is 2.31 bits per heavy atom. The number of benzene rings is 1. The molecular formula is C11H14ClN. The first kappa shape index (κ1) is 9.04. The quantitative estimate of drug-likeness (QED) is 0.733. The molecule has 1 aromatic carbocycles. The molecule has 0 fully saturated rings. The monoisotopic (exact) mass is 195 g/mol. The number of hydrogen-bond acceptors (Lipinski definition) is 1. The molecule has 2 rings (SSSR count). The molecule has 70 valence electrons. The van der Waals surface area contributed by atoms with Crippen LogP contribution in [0.1, 0.15) is 30.4 Å². The Balaban J connectivity index is 2.43. The summed E-state index contributed by atoms with van der Waals surface area (Å²) in [5.74, 6) is 0.508. The van der Waals surface area contributed by atoms with Crippen LogP contribution in [0, 0.1) is 0 Å². The van der Waals surface area contributed by atoms with E-state index >= 15 is 0 Å². The molecular weight excluding hydrogens is 182 g/mol. The fraction of sp³-hybridized carbons (Fsp3) is 0.455. The molecule has 0 saturated heterocycles. The minimum absolute atomic E-state index is 0.236. The van der Waals surface area contributed by atoms with E-state index in [1.54, 1.807) is 0 Å². The van der Waals surface area contributed by atoms with Crippen molar-refractivity contribution in [2.24, 2.45) is 5.73 Å². The highest BCUT2D eigenvalue weighted by Crippen LogP contribution is 2.38. The first-order valence-corrected chi connectivity index (χ1v) is 5.11. The highest BCUT2D eigenvalue weighted by Gasteiger charge is 2.26. The Morgan fingerprint density at radius 1 is 1.54 bits per heavy atom. The summed E-state index contributed by atoms with van der Waals surface area (Å²) >= 11 is 6.10. The molecule has 0 bridgehead atoms. The molecule has 2 N–H and O–H groups in total. The number of rotatable bonds is 1. The van der Waals surface area contributed by atoms with Gasteiger partial charge in [-0.05, 0) is 42.9 Å². The van der Waals surface area contributed by atoms with E-state index in [4.69, 9.17) is 17.3 Å². The van der Waals surface area contributed by atoms with E-state index in [1.807, 2.05) is 12.1 Å². The fourth-order valence-corrected chi connectivity index (χ4v) is 2.46. The minimum atomic E-state index is 0.236. The molecule has 13 heavy (non-hydrogen) atoms. The molecule has 0 heterocycles. The van der Waals surface area contributed by atoms with E-state index in [9.17, 15) is 0 Å². The molecule has 0 aromatic heterocycles. The molecule has 0 aliphatic heterocycles. The van der Waals surface area contributed by atoms with Crippen molar-refractivity contribution in [2.75, 3.05) is 0 Å². The van der Waals surface area contributed by atoms with Gasteiger partial charge in [0.15, 0.2) is 0 Å². The van der Waals surface area contributed by atoms with Crippen molar-refractivity contribution in [1.29, 1.82) is 0 Å². The molecule has 1 aliphatic carbocycles. The Kier molecular flexibility index (Phi) is 2.31. The van der Waals surface area contributed by atoms with Crippen LogP contribution in [0.25, 0.3) is 0 Å². The Hall–Kier alpha value is -0.530. The van der Waals surface area contributed by atoms with Crippen LogP contribution in [0.3, 0.4) is 0 Å². The van der Waals surface area contributed by atoms with Crippen molar-refractivity contribution in [1.82, 2.24) is 0 Å². The molecule has 1 aliphatic rings. The summed E-state index contributed by atoms with van der Waals surface area (Å²) in [6, 6.07) is 6.37. The van der Waals surface area contributed by atoms with Crippen molar-refractivity contribution in [3.63, 3.8) is 0 Å². The third-order valence-corrected chi connectivity index (χ3v) is 3.25. The van der Waals surface area contributed by atoms with Crippen LogP contribution in [0.4, 0.5) is 0 Å². The molecule has 2 unspecified atom stereocenters. The zero-order valence-corrected chi connectivity index (χ0v) is 8.51. The minimum Gasteiger partial charge on any atom is -0.327 e. The van der Waals surface area contributed by atoms with E-state index in [2.05, 4.69) is 13.0 Å². The number of nitrogens with two attached hydrogens (primary N) is 1. The number of hydrogen-bond donors (Lipinski definition) is 1. The smallest absolute Gasteiger partial charge is 0.0440 e. The number of fused-ring (bicyclic) bond motifs is 1. The maximum atomic E-state index is 6.10. The summed E-state index contributed by atoms with van der Waals surface area (Å²) in [7, 11) is 0. The lowest BCUT2D eigenvalue weighted by atomic mass is 9.95. The van der Waals surface area contributed by atoms with Gasteiger partial charge in [0, 0.05) is 11.1 Å². The van der Waals surface area contributed by atoms with Crippen LogP contribution < -0.4 is 5.73 Å². The predicted molar refractivity (Wildman–Crippen MR) is 56.2 cm³/mol. The molecule has 0 saturated carbocycles. The second kappa shape index (κ2) is 3.32. The third-order valence-electron chi connectivity index (χ3n) is 2.89. The Labute approximate surface area is 83.9 Å². The van der Waals surface area contributed by atoms with Gasteiger partial charge in [-0.3, -0.25) is 0 Å².